The van der Waals surface area contributed by atoms with E-state index in [0.29, 0.717) is 6.42 Å². The van der Waals surface area contributed by atoms with Gasteiger partial charge in [0.1, 0.15) is 11.5 Å². The molecule has 4 aromatic rings. The van der Waals surface area contributed by atoms with Gasteiger partial charge in [0, 0.05) is 31.8 Å². The monoisotopic (exact) mass is 343 g/mol. The summed E-state index contributed by atoms with van der Waals surface area (Å²) in [6.45, 7) is 0. The van der Waals surface area contributed by atoms with Crippen LogP contribution in [0.5, 0.6) is 11.5 Å². The first kappa shape index (κ1) is 16.3. The third-order valence-corrected chi connectivity index (χ3v) is 4.89. The summed E-state index contributed by atoms with van der Waals surface area (Å²) >= 11 is 0. The Hall–Kier alpha value is -3.20. The number of phenols is 2. The van der Waals surface area contributed by atoms with Crippen LogP contribution in [0.2, 0.25) is 0 Å². The van der Waals surface area contributed by atoms with Crippen LogP contribution < -0.4 is 4.90 Å². The number of nitrogens with zero attached hydrogens (tertiary/aromatic N) is 1. The maximum Gasteiger partial charge on any atom is 0.119 e. The fourth-order valence-corrected chi connectivity index (χ4v) is 3.57. The van der Waals surface area contributed by atoms with Gasteiger partial charge in [-0.15, -0.1) is 0 Å². The van der Waals surface area contributed by atoms with E-state index in [1.807, 2.05) is 38.4 Å². The van der Waals surface area contributed by atoms with Crippen LogP contribution in [0.1, 0.15) is 11.1 Å². The Balaban J connectivity index is 1.92. The summed E-state index contributed by atoms with van der Waals surface area (Å²) in [7, 11) is 4.06. The quantitative estimate of drug-likeness (QED) is 0.546. The molecule has 0 amide bonds. The van der Waals surface area contributed by atoms with Gasteiger partial charge in [-0.25, -0.2) is 0 Å². The summed E-state index contributed by atoms with van der Waals surface area (Å²) in [6, 6.07) is 21.5. The molecule has 3 nitrogen and oxygen atoms in total. The van der Waals surface area contributed by atoms with Crippen LogP contribution in [0.4, 0.5) is 5.69 Å². The Kier molecular flexibility index (Phi) is 3.92. The molecular formula is C23H21NO2. The van der Waals surface area contributed by atoms with Crippen molar-refractivity contribution in [3.05, 3.63) is 77.9 Å². The number of hydrogen-bond acceptors (Lipinski definition) is 3. The molecule has 2 N–H and O–H groups in total. The molecule has 0 spiro atoms. The van der Waals surface area contributed by atoms with Crippen LogP contribution in [0.15, 0.2) is 66.7 Å². The molecule has 0 radical (unpaired) electrons. The predicted octanol–water partition coefficient (Wildman–Crippen LogP) is 5.06. The van der Waals surface area contributed by atoms with Gasteiger partial charge >= 0.3 is 0 Å². The minimum atomic E-state index is 0.204. The number of hydrogen-bond donors (Lipinski definition) is 2. The third-order valence-electron chi connectivity index (χ3n) is 4.89. The number of benzene rings is 4. The molecule has 4 rings (SSSR count). The predicted molar refractivity (Wildman–Crippen MR) is 108 cm³/mol. The highest BCUT2D eigenvalue weighted by atomic mass is 16.3. The van der Waals surface area contributed by atoms with E-state index in [0.717, 1.165) is 27.6 Å². The van der Waals surface area contributed by atoms with Crippen LogP contribution in [-0.2, 0) is 6.42 Å². The molecular weight excluding hydrogens is 322 g/mol. The van der Waals surface area contributed by atoms with Crippen LogP contribution in [0.3, 0.4) is 0 Å². The van der Waals surface area contributed by atoms with Gasteiger partial charge in [0.15, 0.2) is 0 Å². The summed E-state index contributed by atoms with van der Waals surface area (Å²) in [6.07, 6.45) is 0.588. The fourth-order valence-electron chi connectivity index (χ4n) is 3.57. The number of rotatable bonds is 3. The van der Waals surface area contributed by atoms with E-state index in [4.69, 9.17) is 0 Å². The molecule has 0 saturated carbocycles. The summed E-state index contributed by atoms with van der Waals surface area (Å²) in [5.74, 6) is 0.455. The van der Waals surface area contributed by atoms with Gasteiger partial charge in [0.25, 0.3) is 0 Å². The van der Waals surface area contributed by atoms with Crippen LogP contribution >= 0.6 is 0 Å². The van der Waals surface area contributed by atoms with Crippen molar-refractivity contribution in [1.29, 1.82) is 0 Å². The highest BCUT2D eigenvalue weighted by molar-refractivity contribution is 5.91. The molecule has 0 unspecified atom stereocenters. The van der Waals surface area contributed by atoms with Gasteiger partial charge < -0.3 is 15.1 Å². The molecule has 0 fully saturated rings. The zero-order chi connectivity index (χ0) is 18.3. The van der Waals surface area contributed by atoms with Crippen molar-refractivity contribution in [3.8, 4) is 11.5 Å². The lowest BCUT2D eigenvalue weighted by Gasteiger charge is -2.20. The van der Waals surface area contributed by atoms with Crippen molar-refractivity contribution < 1.29 is 10.2 Å². The second-order valence-electron chi connectivity index (χ2n) is 6.87. The first-order chi connectivity index (χ1) is 12.5. The molecule has 130 valence electrons. The minimum Gasteiger partial charge on any atom is -0.508 e. The molecule has 26 heavy (non-hydrogen) atoms. The Morgan fingerprint density at radius 3 is 2.19 bits per heavy atom. The number of phenolic OH excluding ortho intramolecular Hbond substituents is 2. The smallest absolute Gasteiger partial charge is 0.119 e. The van der Waals surface area contributed by atoms with Gasteiger partial charge in [-0.05, 0) is 57.4 Å². The van der Waals surface area contributed by atoms with E-state index < -0.39 is 0 Å². The molecule has 0 atom stereocenters. The lowest BCUT2D eigenvalue weighted by molar-refractivity contribution is 0.470. The first-order valence-corrected chi connectivity index (χ1v) is 8.65. The molecule has 3 heteroatoms. The molecule has 0 aliphatic carbocycles. The van der Waals surface area contributed by atoms with E-state index in [1.54, 1.807) is 18.2 Å². The van der Waals surface area contributed by atoms with Gasteiger partial charge in [-0.2, -0.15) is 0 Å². The Morgan fingerprint density at radius 1 is 0.769 bits per heavy atom. The Morgan fingerprint density at radius 2 is 1.46 bits per heavy atom. The van der Waals surface area contributed by atoms with Crippen LogP contribution in [0.25, 0.3) is 21.5 Å². The number of anilines is 1. The molecule has 4 aromatic carbocycles. The van der Waals surface area contributed by atoms with Crippen LogP contribution in [0, 0.1) is 0 Å². The van der Waals surface area contributed by atoms with Gasteiger partial charge in [-0.3, -0.25) is 0 Å². The standard InChI is InChI=1S/C23H21NO2/c1-24(2)22-13-17-6-4-3-5-16(17)11-18(22)12-21-20-14-19(25)9-7-15(20)8-10-23(21)26/h3-11,13-14,25-26H,12H2,1-2H3. The van der Waals surface area contributed by atoms with E-state index >= 15 is 0 Å². The van der Waals surface area contributed by atoms with E-state index in [-0.39, 0.29) is 11.5 Å². The second-order valence-corrected chi connectivity index (χ2v) is 6.87. The minimum absolute atomic E-state index is 0.204. The van der Waals surface area contributed by atoms with Crippen molar-refractivity contribution in [2.75, 3.05) is 19.0 Å². The third kappa shape index (κ3) is 2.82. The molecule has 0 aliphatic rings. The maximum atomic E-state index is 10.5. The number of fused-ring (bicyclic) bond motifs is 2. The lowest BCUT2D eigenvalue weighted by Crippen LogP contribution is -2.11. The van der Waals surface area contributed by atoms with Gasteiger partial charge in [0.2, 0.25) is 0 Å². The van der Waals surface area contributed by atoms with Crippen molar-refractivity contribution >= 4 is 27.2 Å². The van der Waals surface area contributed by atoms with Gasteiger partial charge in [-0.1, -0.05) is 36.4 Å². The second kappa shape index (κ2) is 6.26. The van der Waals surface area contributed by atoms with E-state index in [1.165, 1.54) is 10.8 Å². The Labute approximate surface area is 152 Å². The topological polar surface area (TPSA) is 43.7 Å². The fraction of sp³-hybridized carbons (Fsp3) is 0.130. The largest absolute Gasteiger partial charge is 0.508 e. The maximum absolute atomic E-state index is 10.5. The molecule has 0 heterocycles. The van der Waals surface area contributed by atoms with Crippen molar-refractivity contribution in [1.82, 2.24) is 0 Å². The summed E-state index contributed by atoms with van der Waals surface area (Å²) in [4.78, 5) is 2.10. The molecule has 0 saturated heterocycles. The highest BCUT2D eigenvalue weighted by Crippen LogP contribution is 2.35. The SMILES string of the molecule is CN(C)c1cc2ccccc2cc1Cc1c(O)ccc2ccc(O)cc12. The molecule has 0 aliphatic heterocycles. The van der Waals surface area contributed by atoms with E-state index in [2.05, 4.69) is 29.2 Å². The van der Waals surface area contributed by atoms with E-state index in [9.17, 15) is 10.2 Å². The molecule has 0 aromatic heterocycles. The highest BCUT2D eigenvalue weighted by Gasteiger charge is 2.13. The van der Waals surface area contributed by atoms with Crippen molar-refractivity contribution in [3.63, 3.8) is 0 Å². The van der Waals surface area contributed by atoms with Crippen molar-refractivity contribution in [2.24, 2.45) is 0 Å². The summed E-state index contributed by atoms with van der Waals surface area (Å²) in [5, 5.41) is 24.7. The lowest BCUT2D eigenvalue weighted by atomic mass is 9.94. The zero-order valence-electron chi connectivity index (χ0n) is 14.9. The zero-order valence-corrected chi connectivity index (χ0v) is 14.9. The normalized spacial score (nSPS) is 11.2. The average molecular weight is 343 g/mol. The number of aromatic hydroxyl groups is 2. The summed E-state index contributed by atoms with van der Waals surface area (Å²) in [5.41, 5.74) is 3.09. The van der Waals surface area contributed by atoms with Gasteiger partial charge in [0.05, 0.1) is 0 Å². The molecule has 0 bridgehead atoms. The van der Waals surface area contributed by atoms with Crippen LogP contribution in [-0.4, -0.2) is 24.3 Å². The first-order valence-electron chi connectivity index (χ1n) is 8.65. The average Bonchev–Trinajstić information content (AvgIpc) is 2.63. The Bertz CT molecular complexity index is 1110. The van der Waals surface area contributed by atoms with Crippen molar-refractivity contribution in [2.45, 2.75) is 6.42 Å². The summed E-state index contributed by atoms with van der Waals surface area (Å²) < 4.78 is 0.